The van der Waals surface area contributed by atoms with Crippen LogP contribution in [0.4, 0.5) is 5.69 Å². The summed E-state index contributed by atoms with van der Waals surface area (Å²) in [5, 5.41) is 22.5. The Morgan fingerprint density at radius 1 is 1.47 bits per heavy atom. The van der Waals surface area contributed by atoms with Crippen LogP contribution < -0.4 is 5.32 Å². The SMILES string of the molecule is CCSc1cccc(NCC2CCCC2O)c1C#N. The number of rotatable bonds is 5. The van der Waals surface area contributed by atoms with Gasteiger partial charge in [-0.2, -0.15) is 5.26 Å². The summed E-state index contributed by atoms with van der Waals surface area (Å²) in [4.78, 5) is 1.03. The molecule has 1 aromatic rings. The summed E-state index contributed by atoms with van der Waals surface area (Å²) in [6.07, 6.45) is 2.89. The molecule has 0 aromatic heterocycles. The smallest absolute Gasteiger partial charge is 0.102 e. The van der Waals surface area contributed by atoms with Crippen molar-refractivity contribution in [1.82, 2.24) is 0 Å². The van der Waals surface area contributed by atoms with Gasteiger partial charge < -0.3 is 10.4 Å². The number of nitrogens with zero attached hydrogens (tertiary/aromatic N) is 1. The summed E-state index contributed by atoms with van der Waals surface area (Å²) >= 11 is 1.69. The van der Waals surface area contributed by atoms with Gasteiger partial charge in [0, 0.05) is 17.4 Å². The first-order chi connectivity index (χ1) is 9.26. The summed E-state index contributed by atoms with van der Waals surface area (Å²) in [7, 11) is 0. The van der Waals surface area contributed by atoms with Crippen molar-refractivity contribution in [3.05, 3.63) is 23.8 Å². The van der Waals surface area contributed by atoms with Crippen LogP contribution in [0.3, 0.4) is 0 Å². The van der Waals surface area contributed by atoms with E-state index in [2.05, 4.69) is 18.3 Å². The second-order valence-electron chi connectivity index (χ2n) is 4.86. The van der Waals surface area contributed by atoms with Crippen molar-refractivity contribution in [1.29, 1.82) is 5.26 Å². The van der Waals surface area contributed by atoms with E-state index in [1.54, 1.807) is 11.8 Å². The van der Waals surface area contributed by atoms with Crippen molar-refractivity contribution in [2.45, 2.75) is 37.2 Å². The van der Waals surface area contributed by atoms with E-state index in [1.165, 1.54) is 0 Å². The number of nitrogens with one attached hydrogen (secondary N) is 1. The van der Waals surface area contributed by atoms with Crippen LogP contribution in [0.2, 0.25) is 0 Å². The third kappa shape index (κ3) is 3.43. The van der Waals surface area contributed by atoms with Crippen LogP contribution in [0.5, 0.6) is 0 Å². The molecule has 4 heteroatoms. The van der Waals surface area contributed by atoms with Gasteiger partial charge in [0.2, 0.25) is 0 Å². The molecule has 0 bridgehead atoms. The van der Waals surface area contributed by atoms with E-state index in [4.69, 9.17) is 0 Å². The predicted molar refractivity (Wildman–Crippen MR) is 79.4 cm³/mol. The normalized spacial score (nSPS) is 22.2. The average Bonchev–Trinajstić information content (AvgIpc) is 2.82. The number of aliphatic hydroxyl groups is 1. The number of hydrogen-bond donors (Lipinski definition) is 2. The number of aliphatic hydroxyl groups excluding tert-OH is 1. The van der Waals surface area contributed by atoms with Crippen molar-refractivity contribution >= 4 is 17.4 Å². The van der Waals surface area contributed by atoms with E-state index in [0.29, 0.717) is 5.92 Å². The maximum atomic E-state index is 9.82. The lowest BCUT2D eigenvalue weighted by Gasteiger charge is -2.17. The van der Waals surface area contributed by atoms with Crippen LogP contribution in [-0.2, 0) is 0 Å². The molecule has 1 aromatic carbocycles. The first-order valence-corrected chi connectivity index (χ1v) is 7.82. The topological polar surface area (TPSA) is 56.0 Å². The molecular formula is C15H20N2OS. The molecule has 102 valence electrons. The van der Waals surface area contributed by atoms with Crippen molar-refractivity contribution in [3.63, 3.8) is 0 Å². The van der Waals surface area contributed by atoms with Gasteiger partial charge in [-0.15, -0.1) is 11.8 Å². The van der Waals surface area contributed by atoms with Crippen molar-refractivity contribution in [3.8, 4) is 6.07 Å². The van der Waals surface area contributed by atoms with E-state index < -0.39 is 0 Å². The molecular weight excluding hydrogens is 256 g/mol. The summed E-state index contributed by atoms with van der Waals surface area (Å²) in [6.45, 7) is 2.83. The molecule has 0 heterocycles. The second-order valence-corrected chi connectivity index (χ2v) is 6.17. The molecule has 2 unspecified atom stereocenters. The highest BCUT2D eigenvalue weighted by Gasteiger charge is 2.25. The Hall–Kier alpha value is -1.18. The predicted octanol–water partition coefficient (Wildman–Crippen LogP) is 3.24. The van der Waals surface area contributed by atoms with Gasteiger partial charge in [0.1, 0.15) is 6.07 Å². The fourth-order valence-electron chi connectivity index (χ4n) is 2.57. The van der Waals surface area contributed by atoms with Crippen molar-refractivity contribution in [2.24, 2.45) is 5.92 Å². The zero-order valence-electron chi connectivity index (χ0n) is 11.2. The fourth-order valence-corrected chi connectivity index (χ4v) is 3.35. The van der Waals surface area contributed by atoms with Crippen LogP contribution in [-0.4, -0.2) is 23.5 Å². The Morgan fingerprint density at radius 2 is 2.32 bits per heavy atom. The Kier molecular flexibility index (Phi) is 5.12. The lowest BCUT2D eigenvalue weighted by molar-refractivity contribution is 0.138. The molecule has 19 heavy (non-hydrogen) atoms. The van der Waals surface area contributed by atoms with Crippen LogP contribution in [0.15, 0.2) is 23.1 Å². The van der Waals surface area contributed by atoms with Gasteiger partial charge in [0.15, 0.2) is 0 Å². The number of nitriles is 1. The molecule has 1 aliphatic carbocycles. The summed E-state index contributed by atoms with van der Waals surface area (Å²) in [6, 6.07) is 8.20. The van der Waals surface area contributed by atoms with Gasteiger partial charge in [-0.1, -0.05) is 19.4 Å². The highest BCUT2D eigenvalue weighted by Crippen LogP contribution is 2.30. The van der Waals surface area contributed by atoms with Gasteiger partial charge in [-0.05, 0) is 30.7 Å². The molecule has 2 atom stereocenters. The number of thioether (sulfide) groups is 1. The maximum Gasteiger partial charge on any atom is 0.102 e. The molecule has 0 spiro atoms. The van der Waals surface area contributed by atoms with Gasteiger partial charge in [0.05, 0.1) is 17.4 Å². The first-order valence-electron chi connectivity index (χ1n) is 6.84. The zero-order valence-corrected chi connectivity index (χ0v) is 12.0. The van der Waals surface area contributed by atoms with Crippen molar-refractivity contribution in [2.75, 3.05) is 17.6 Å². The molecule has 0 saturated heterocycles. The van der Waals surface area contributed by atoms with Gasteiger partial charge >= 0.3 is 0 Å². The number of anilines is 1. The Bertz CT molecular complexity index is 470. The minimum absolute atomic E-state index is 0.189. The molecule has 1 aliphatic rings. The molecule has 2 rings (SSSR count). The van der Waals surface area contributed by atoms with Crippen molar-refractivity contribution < 1.29 is 5.11 Å². The van der Waals surface area contributed by atoms with Crippen LogP contribution in [0.1, 0.15) is 31.7 Å². The highest BCUT2D eigenvalue weighted by molar-refractivity contribution is 7.99. The summed E-state index contributed by atoms with van der Waals surface area (Å²) < 4.78 is 0. The van der Waals surface area contributed by atoms with Crippen LogP contribution in [0, 0.1) is 17.2 Å². The fraction of sp³-hybridized carbons (Fsp3) is 0.533. The molecule has 0 aliphatic heterocycles. The third-order valence-electron chi connectivity index (χ3n) is 3.61. The van der Waals surface area contributed by atoms with Crippen LogP contribution >= 0.6 is 11.8 Å². The lowest BCUT2D eigenvalue weighted by atomic mass is 10.1. The summed E-state index contributed by atoms with van der Waals surface area (Å²) in [5.41, 5.74) is 1.61. The first kappa shape index (κ1) is 14.2. The quantitative estimate of drug-likeness (QED) is 0.811. The second kappa shape index (κ2) is 6.83. The average molecular weight is 276 g/mol. The Morgan fingerprint density at radius 3 is 2.95 bits per heavy atom. The number of benzene rings is 1. The molecule has 3 nitrogen and oxygen atoms in total. The molecule has 1 fully saturated rings. The maximum absolute atomic E-state index is 9.82. The summed E-state index contributed by atoms with van der Waals surface area (Å²) in [5.74, 6) is 1.27. The Labute approximate surface area is 119 Å². The standard InChI is InChI=1S/C15H20N2OS/c1-2-19-15-8-4-6-13(12(15)9-16)17-10-11-5-3-7-14(11)18/h4,6,8,11,14,17-18H,2-3,5,7,10H2,1H3. The van der Waals surface area contributed by atoms with Crippen LogP contribution in [0.25, 0.3) is 0 Å². The van der Waals surface area contributed by atoms with Gasteiger partial charge in [-0.3, -0.25) is 0 Å². The highest BCUT2D eigenvalue weighted by atomic mass is 32.2. The van der Waals surface area contributed by atoms with E-state index in [9.17, 15) is 10.4 Å². The van der Waals surface area contributed by atoms with E-state index in [0.717, 1.165) is 47.7 Å². The monoisotopic (exact) mass is 276 g/mol. The molecule has 1 saturated carbocycles. The lowest BCUT2D eigenvalue weighted by Crippen LogP contribution is -2.22. The Balaban J connectivity index is 2.07. The minimum Gasteiger partial charge on any atom is -0.393 e. The molecule has 2 N–H and O–H groups in total. The minimum atomic E-state index is -0.189. The largest absolute Gasteiger partial charge is 0.393 e. The molecule has 0 amide bonds. The van der Waals surface area contributed by atoms with E-state index >= 15 is 0 Å². The van der Waals surface area contributed by atoms with E-state index in [1.807, 2.05) is 18.2 Å². The third-order valence-corrected chi connectivity index (χ3v) is 4.55. The van der Waals surface area contributed by atoms with Gasteiger partial charge in [-0.25, -0.2) is 0 Å². The van der Waals surface area contributed by atoms with Gasteiger partial charge in [0.25, 0.3) is 0 Å². The zero-order chi connectivity index (χ0) is 13.7. The number of hydrogen-bond acceptors (Lipinski definition) is 4. The van der Waals surface area contributed by atoms with E-state index in [-0.39, 0.29) is 6.10 Å². The molecule has 0 radical (unpaired) electrons.